The molecule has 0 bridgehead atoms. The summed E-state index contributed by atoms with van der Waals surface area (Å²) >= 11 is 0. The van der Waals surface area contributed by atoms with Crippen molar-refractivity contribution in [2.45, 2.75) is 32.3 Å². The number of hydrogen-bond donors (Lipinski definition) is 3. The van der Waals surface area contributed by atoms with E-state index in [-0.39, 0.29) is 11.1 Å². The standard InChI is InChI=1S/C25H25F2N5O2/c1-4-17(15(2)34-28-3)16-13-18(22-19(14-16)31-24(32-22)23(26)27)25(33,20-9-5-7-11-29-20)21-10-6-8-12-30-21/h5-14,23,28,33H,4H2,1-3H3,(H,31,32)/b17-15+. The Morgan fingerprint density at radius 1 is 1.12 bits per heavy atom. The molecule has 0 spiro atoms. The molecule has 0 aliphatic rings. The van der Waals surface area contributed by atoms with Gasteiger partial charge in [-0.1, -0.05) is 19.1 Å². The number of nitrogens with zero attached hydrogens (tertiary/aromatic N) is 3. The number of hydroxylamine groups is 1. The number of alkyl halides is 2. The van der Waals surface area contributed by atoms with E-state index in [1.54, 1.807) is 74.9 Å². The Morgan fingerprint density at radius 3 is 2.26 bits per heavy atom. The Kier molecular flexibility index (Phi) is 6.67. The highest BCUT2D eigenvalue weighted by molar-refractivity contribution is 5.86. The monoisotopic (exact) mass is 465 g/mol. The maximum Gasteiger partial charge on any atom is 0.295 e. The maximum absolute atomic E-state index is 13.6. The third-order valence-corrected chi connectivity index (χ3v) is 5.65. The molecular weight excluding hydrogens is 440 g/mol. The molecule has 0 aliphatic heterocycles. The Morgan fingerprint density at radius 2 is 1.76 bits per heavy atom. The number of benzene rings is 1. The van der Waals surface area contributed by atoms with Crippen molar-refractivity contribution in [3.05, 3.63) is 95.0 Å². The van der Waals surface area contributed by atoms with Crippen molar-refractivity contribution in [1.82, 2.24) is 25.4 Å². The highest BCUT2D eigenvalue weighted by Crippen LogP contribution is 2.40. The van der Waals surface area contributed by atoms with Crippen molar-refractivity contribution < 1.29 is 18.7 Å². The summed E-state index contributed by atoms with van der Waals surface area (Å²) in [6, 6.07) is 13.8. The second kappa shape index (κ2) is 9.66. The van der Waals surface area contributed by atoms with E-state index in [4.69, 9.17) is 4.84 Å². The first kappa shape index (κ1) is 23.5. The summed E-state index contributed by atoms with van der Waals surface area (Å²) < 4.78 is 27.2. The zero-order chi connectivity index (χ0) is 24.3. The second-order valence-corrected chi connectivity index (χ2v) is 7.68. The molecule has 0 atom stereocenters. The van der Waals surface area contributed by atoms with Gasteiger partial charge in [0.25, 0.3) is 6.43 Å². The normalized spacial score (nSPS) is 12.8. The van der Waals surface area contributed by atoms with E-state index in [2.05, 4.69) is 25.4 Å². The molecule has 0 radical (unpaired) electrons. The highest BCUT2D eigenvalue weighted by atomic mass is 19.3. The quantitative estimate of drug-likeness (QED) is 0.254. The van der Waals surface area contributed by atoms with E-state index in [0.29, 0.717) is 34.6 Å². The number of hydrogen-bond acceptors (Lipinski definition) is 6. The van der Waals surface area contributed by atoms with Crippen LogP contribution in [0, 0.1) is 0 Å². The van der Waals surface area contributed by atoms with E-state index in [1.165, 1.54) is 0 Å². The van der Waals surface area contributed by atoms with Crippen LogP contribution in [0.1, 0.15) is 55.0 Å². The smallest absolute Gasteiger partial charge is 0.295 e. The third-order valence-electron chi connectivity index (χ3n) is 5.65. The third kappa shape index (κ3) is 4.15. The molecule has 3 N–H and O–H groups in total. The molecule has 0 amide bonds. The molecule has 4 aromatic rings. The molecule has 176 valence electrons. The number of fused-ring (bicyclic) bond motifs is 1. The number of rotatable bonds is 8. The van der Waals surface area contributed by atoms with Gasteiger partial charge in [-0.05, 0) is 60.9 Å². The van der Waals surface area contributed by atoms with Crippen LogP contribution in [-0.4, -0.2) is 32.1 Å². The minimum absolute atomic E-state index is 0.209. The first-order valence-corrected chi connectivity index (χ1v) is 10.8. The van der Waals surface area contributed by atoms with Crippen LogP contribution in [0.5, 0.6) is 0 Å². The first-order valence-electron chi connectivity index (χ1n) is 10.8. The van der Waals surface area contributed by atoms with Crippen molar-refractivity contribution in [3.63, 3.8) is 0 Å². The van der Waals surface area contributed by atoms with Crippen LogP contribution in [0.15, 0.2) is 66.7 Å². The first-order chi connectivity index (χ1) is 16.4. The lowest BCUT2D eigenvalue weighted by Crippen LogP contribution is -2.31. The van der Waals surface area contributed by atoms with Crippen LogP contribution in [0.25, 0.3) is 16.6 Å². The fraction of sp³-hybridized carbons (Fsp3) is 0.240. The van der Waals surface area contributed by atoms with Crippen LogP contribution in [0.3, 0.4) is 0 Å². The van der Waals surface area contributed by atoms with Gasteiger partial charge in [0.15, 0.2) is 11.4 Å². The zero-order valence-corrected chi connectivity index (χ0v) is 19.0. The fourth-order valence-electron chi connectivity index (χ4n) is 4.12. The van der Waals surface area contributed by atoms with Crippen LogP contribution < -0.4 is 5.48 Å². The van der Waals surface area contributed by atoms with Crippen LogP contribution >= 0.6 is 0 Å². The molecule has 3 aromatic heterocycles. The van der Waals surface area contributed by atoms with Gasteiger partial charge in [-0.3, -0.25) is 9.97 Å². The van der Waals surface area contributed by atoms with Gasteiger partial charge in [-0.25, -0.2) is 13.8 Å². The molecule has 1 aromatic carbocycles. The topological polar surface area (TPSA) is 95.9 Å². The number of halogens is 2. The maximum atomic E-state index is 13.6. The molecule has 0 unspecified atom stereocenters. The predicted molar refractivity (Wildman–Crippen MR) is 125 cm³/mol. The SMILES string of the molecule is CC/C(=C(/C)ONC)c1cc(C(O)(c2ccccn2)c2ccccn2)c2nc(C(F)F)[nH]c2c1. The van der Waals surface area contributed by atoms with Gasteiger partial charge < -0.3 is 14.9 Å². The molecule has 0 fully saturated rings. The van der Waals surface area contributed by atoms with E-state index in [9.17, 15) is 13.9 Å². The molecule has 0 aliphatic carbocycles. The Hall–Kier alpha value is -3.69. The summed E-state index contributed by atoms with van der Waals surface area (Å²) in [5, 5.41) is 12.3. The predicted octanol–water partition coefficient (Wildman–Crippen LogP) is 4.87. The molecule has 4 rings (SSSR count). The van der Waals surface area contributed by atoms with E-state index in [1.807, 2.05) is 6.92 Å². The van der Waals surface area contributed by atoms with Crippen molar-refractivity contribution >= 4 is 16.6 Å². The highest BCUT2D eigenvalue weighted by Gasteiger charge is 2.39. The number of aliphatic hydroxyl groups is 1. The molecule has 3 heterocycles. The molecular formula is C25H25F2N5O2. The lowest BCUT2D eigenvalue weighted by molar-refractivity contribution is 0.117. The van der Waals surface area contributed by atoms with Crippen molar-refractivity contribution in [2.75, 3.05) is 7.05 Å². The number of nitrogens with one attached hydrogen (secondary N) is 2. The van der Waals surface area contributed by atoms with Crippen molar-refractivity contribution in [1.29, 1.82) is 0 Å². The number of imidazole rings is 1. The van der Waals surface area contributed by atoms with Gasteiger partial charge in [0.2, 0.25) is 0 Å². The average molecular weight is 466 g/mol. The van der Waals surface area contributed by atoms with Crippen molar-refractivity contribution in [3.8, 4) is 0 Å². The van der Waals surface area contributed by atoms with Crippen LogP contribution in [0.2, 0.25) is 0 Å². The number of allylic oxidation sites excluding steroid dienone is 2. The van der Waals surface area contributed by atoms with Gasteiger partial charge in [0.1, 0.15) is 5.76 Å². The van der Waals surface area contributed by atoms with E-state index < -0.39 is 17.9 Å². The summed E-state index contributed by atoms with van der Waals surface area (Å²) in [5.74, 6) is 0.131. The summed E-state index contributed by atoms with van der Waals surface area (Å²) in [7, 11) is 1.65. The summed E-state index contributed by atoms with van der Waals surface area (Å²) in [5.41, 5.74) is 3.74. The minimum Gasteiger partial charge on any atom is -0.413 e. The Balaban J connectivity index is 2.10. The van der Waals surface area contributed by atoms with Crippen molar-refractivity contribution in [2.24, 2.45) is 0 Å². The number of aromatic amines is 1. The Bertz CT molecular complexity index is 1270. The van der Waals surface area contributed by atoms with Gasteiger partial charge in [-0.15, -0.1) is 0 Å². The van der Waals surface area contributed by atoms with Gasteiger partial charge in [-0.2, -0.15) is 5.48 Å². The number of aromatic nitrogens is 4. The zero-order valence-electron chi connectivity index (χ0n) is 19.0. The number of pyridine rings is 2. The fourth-order valence-corrected chi connectivity index (χ4v) is 4.12. The van der Waals surface area contributed by atoms with E-state index >= 15 is 0 Å². The lowest BCUT2D eigenvalue weighted by atomic mass is 9.83. The molecule has 7 nitrogen and oxygen atoms in total. The van der Waals surface area contributed by atoms with Gasteiger partial charge >= 0.3 is 0 Å². The van der Waals surface area contributed by atoms with Gasteiger partial charge in [0.05, 0.1) is 22.4 Å². The summed E-state index contributed by atoms with van der Waals surface area (Å²) in [4.78, 5) is 21.1. The second-order valence-electron chi connectivity index (χ2n) is 7.68. The molecule has 0 saturated heterocycles. The molecule has 9 heteroatoms. The van der Waals surface area contributed by atoms with Crippen LogP contribution in [0.4, 0.5) is 8.78 Å². The molecule has 0 saturated carbocycles. The minimum atomic E-state index is -2.81. The van der Waals surface area contributed by atoms with E-state index in [0.717, 1.165) is 5.57 Å². The largest absolute Gasteiger partial charge is 0.413 e. The molecule has 34 heavy (non-hydrogen) atoms. The Labute approximate surface area is 195 Å². The summed E-state index contributed by atoms with van der Waals surface area (Å²) in [6.45, 7) is 3.77. The van der Waals surface area contributed by atoms with Crippen LogP contribution in [-0.2, 0) is 10.4 Å². The average Bonchev–Trinajstić information content (AvgIpc) is 3.29. The lowest BCUT2D eigenvalue weighted by Gasteiger charge is -2.28. The van der Waals surface area contributed by atoms with Gasteiger partial charge in [0, 0.05) is 25.0 Å². The summed E-state index contributed by atoms with van der Waals surface area (Å²) in [6.07, 6.45) is 0.903. The number of H-pyrrole nitrogens is 1.